The van der Waals surface area contributed by atoms with E-state index in [-0.39, 0.29) is 30.3 Å². The number of benzene rings is 1. The van der Waals surface area contributed by atoms with E-state index in [1.165, 1.54) is 25.7 Å². The lowest BCUT2D eigenvalue weighted by Gasteiger charge is -2.29. The molecule has 126 valence electrons. The van der Waals surface area contributed by atoms with E-state index < -0.39 is 0 Å². The summed E-state index contributed by atoms with van der Waals surface area (Å²) in [5, 5.41) is 3.02. The molecule has 2 aliphatic carbocycles. The minimum absolute atomic E-state index is 0.1000. The normalized spacial score (nSPS) is 29.0. The Kier molecular flexibility index (Phi) is 3.66. The number of fused-ring (bicyclic) bond motifs is 3. The minimum Gasteiger partial charge on any atom is -0.352 e. The second-order valence-corrected chi connectivity index (χ2v) is 7.44. The quantitative estimate of drug-likeness (QED) is 0.863. The first-order valence-electron chi connectivity index (χ1n) is 8.79. The van der Waals surface area contributed by atoms with E-state index in [0.29, 0.717) is 17.0 Å². The van der Waals surface area contributed by atoms with E-state index in [4.69, 9.17) is 0 Å². The topological polar surface area (TPSA) is 66.5 Å². The van der Waals surface area contributed by atoms with Crippen LogP contribution >= 0.6 is 0 Å². The van der Waals surface area contributed by atoms with E-state index in [2.05, 4.69) is 5.32 Å². The molecule has 2 bridgehead atoms. The van der Waals surface area contributed by atoms with Crippen LogP contribution in [0.15, 0.2) is 24.3 Å². The van der Waals surface area contributed by atoms with Crippen molar-refractivity contribution in [1.29, 1.82) is 0 Å². The van der Waals surface area contributed by atoms with Gasteiger partial charge in [0.2, 0.25) is 5.91 Å². The van der Waals surface area contributed by atoms with Crippen molar-refractivity contribution in [3.8, 4) is 0 Å². The van der Waals surface area contributed by atoms with Gasteiger partial charge < -0.3 is 5.32 Å². The number of nitrogens with zero attached hydrogens (tertiary/aromatic N) is 1. The van der Waals surface area contributed by atoms with Crippen LogP contribution in [0.4, 0.5) is 0 Å². The maximum Gasteiger partial charge on any atom is 0.262 e. The van der Waals surface area contributed by atoms with Gasteiger partial charge in [-0.2, -0.15) is 0 Å². The summed E-state index contributed by atoms with van der Waals surface area (Å²) >= 11 is 0. The average Bonchev–Trinajstić information content (AvgIpc) is 3.26. The van der Waals surface area contributed by atoms with Gasteiger partial charge in [0.1, 0.15) is 6.54 Å². The summed E-state index contributed by atoms with van der Waals surface area (Å²) in [5.41, 5.74) is 0.771. The summed E-state index contributed by atoms with van der Waals surface area (Å²) in [6.45, 7) is 1.85. The highest BCUT2D eigenvalue weighted by Crippen LogP contribution is 2.49. The van der Waals surface area contributed by atoms with Crippen molar-refractivity contribution in [2.45, 2.75) is 38.6 Å². The molecule has 4 atom stereocenters. The fourth-order valence-corrected chi connectivity index (χ4v) is 4.84. The molecule has 5 heteroatoms. The molecule has 2 fully saturated rings. The average molecular weight is 326 g/mol. The van der Waals surface area contributed by atoms with Gasteiger partial charge >= 0.3 is 0 Å². The van der Waals surface area contributed by atoms with Gasteiger partial charge in [0.05, 0.1) is 11.1 Å². The summed E-state index contributed by atoms with van der Waals surface area (Å²) in [5.74, 6) is 1.09. The van der Waals surface area contributed by atoms with Gasteiger partial charge in [0, 0.05) is 6.04 Å². The summed E-state index contributed by atoms with van der Waals surface area (Å²) in [6.07, 6.45) is 5.09. The third-order valence-corrected chi connectivity index (χ3v) is 6.00. The molecule has 0 saturated heterocycles. The Morgan fingerprint density at radius 2 is 1.83 bits per heavy atom. The molecule has 1 heterocycles. The van der Waals surface area contributed by atoms with Crippen LogP contribution in [0.1, 0.15) is 53.3 Å². The summed E-state index contributed by atoms with van der Waals surface area (Å²) in [6, 6.07) is 6.81. The van der Waals surface area contributed by atoms with Crippen LogP contribution in [0.5, 0.6) is 0 Å². The van der Waals surface area contributed by atoms with E-state index in [9.17, 15) is 14.4 Å². The SMILES string of the molecule is C[C@H](NC(=O)CN1C(=O)c2ccccc2C1=O)[C@H]1C[C@@H]2CC[C@@H]1C2. The minimum atomic E-state index is -0.377. The van der Waals surface area contributed by atoms with E-state index in [1.807, 2.05) is 6.92 Å². The number of amides is 3. The van der Waals surface area contributed by atoms with Crippen molar-refractivity contribution < 1.29 is 14.4 Å². The molecule has 1 aromatic rings. The van der Waals surface area contributed by atoms with Crippen LogP contribution in [0.25, 0.3) is 0 Å². The maximum atomic E-state index is 12.4. The molecular formula is C19H22N2O3. The Balaban J connectivity index is 1.38. The molecule has 0 aromatic heterocycles. The lowest BCUT2D eigenvalue weighted by Crippen LogP contribution is -2.46. The Labute approximate surface area is 141 Å². The Morgan fingerprint density at radius 3 is 2.38 bits per heavy atom. The Morgan fingerprint density at radius 1 is 1.17 bits per heavy atom. The molecule has 1 N–H and O–H groups in total. The largest absolute Gasteiger partial charge is 0.352 e. The molecule has 4 rings (SSSR count). The Bertz CT molecular complexity index is 679. The number of nitrogens with one attached hydrogen (secondary N) is 1. The number of carbonyl (C=O) groups excluding carboxylic acids is 3. The van der Waals surface area contributed by atoms with Crippen LogP contribution in [0.3, 0.4) is 0 Å². The molecule has 24 heavy (non-hydrogen) atoms. The third-order valence-electron chi connectivity index (χ3n) is 6.00. The summed E-state index contributed by atoms with van der Waals surface area (Å²) in [7, 11) is 0. The molecule has 3 amide bonds. The Hall–Kier alpha value is -2.17. The van der Waals surface area contributed by atoms with E-state index >= 15 is 0 Å². The van der Waals surface area contributed by atoms with Crippen molar-refractivity contribution in [1.82, 2.24) is 10.2 Å². The van der Waals surface area contributed by atoms with Crippen molar-refractivity contribution in [3.05, 3.63) is 35.4 Å². The molecule has 0 radical (unpaired) electrons. The van der Waals surface area contributed by atoms with Crippen LogP contribution in [-0.2, 0) is 4.79 Å². The highest BCUT2D eigenvalue weighted by molar-refractivity contribution is 6.22. The van der Waals surface area contributed by atoms with Crippen molar-refractivity contribution in [2.24, 2.45) is 17.8 Å². The lowest BCUT2D eigenvalue weighted by molar-refractivity contribution is -0.122. The van der Waals surface area contributed by atoms with Crippen LogP contribution in [0, 0.1) is 17.8 Å². The van der Waals surface area contributed by atoms with Gasteiger partial charge in [-0.3, -0.25) is 19.3 Å². The van der Waals surface area contributed by atoms with Gasteiger partial charge in [0.25, 0.3) is 11.8 Å². The molecule has 1 aromatic carbocycles. The zero-order chi connectivity index (χ0) is 16.8. The van der Waals surface area contributed by atoms with Crippen molar-refractivity contribution in [3.63, 3.8) is 0 Å². The standard InChI is InChI=1S/C19H22N2O3/c1-11(16-9-12-6-7-13(16)8-12)20-17(22)10-21-18(23)14-4-2-3-5-15(14)19(21)24/h2-5,11-13,16H,6-10H2,1H3,(H,20,22)/t11-,12+,13+,16+/m0/s1. The van der Waals surface area contributed by atoms with Crippen molar-refractivity contribution >= 4 is 17.7 Å². The first kappa shape index (κ1) is 15.4. The number of rotatable bonds is 4. The van der Waals surface area contributed by atoms with E-state index in [1.54, 1.807) is 24.3 Å². The van der Waals surface area contributed by atoms with Crippen LogP contribution < -0.4 is 5.32 Å². The summed E-state index contributed by atoms with van der Waals surface area (Å²) in [4.78, 5) is 38.0. The second-order valence-electron chi connectivity index (χ2n) is 7.44. The molecular weight excluding hydrogens is 304 g/mol. The third kappa shape index (κ3) is 2.43. The monoisotopic (exact) mass is 326 g/mol. The van der Waals surface area contributed by atoms with E-state index in [0.717, 1.165) is 16.7 Å². The molecule has 3 aliphatic rings. The number of hydrogen-bond donors (Lipinski definition) is 1. The predicted octanol–water partition coefficient (Wildman–Crippen LogP) is 2.22. The predicted molar refractivity (Wildman–Crippen MR) is 88.4 cm³/mol. The first-order valence-corrected chi connectivity index (χ1v) is 8.79. The highest BCUT2D eigenvalue weighted by atomic mass is 16.2. The van der Waals surface area contributed by atoms with Crippen LogP contribution in [0.2, 0.25) is 0 Å². The fraction of sp³-hybridized carbons (Fsp3) is 0.526. The zero-order valence-corrected chi connectivity index (χ0v) is 13.8. The lowest BCUT2D eigenvalue weighted by atomic mass is 9.84. The van der Waals surface area contributed by atoms with Crippen LogP contribution in [-0.4, -0.2) is 35.2 Å². The van der Waals surface area contributed by atoms with Crippen molar-refractivity contribution in [2.75, 3.05) is 6.54 Å². The van der Waals surface area contributed by atoms with Gasteiger partial charge in [-0.25, -0.2) is 0 Å². The van der Waals surface area contributed by atoms with Gasteiger partial charge in [-0.05, 0) is 56.1 Å². The van der Waals surface area contributed by atoms with Gasteiger partial charge in [-0.1, -0.05) is 18.6 Å². The zero-order valence-electron chi connectivity index (χ0n) is 13.8. The first-order chi connectivity index (χ1) is 11.5. The van der Waals surface area contributed by atoms with Gasteiger partial charge in [0.15, 0.2) is 0 Å². The number of imide groups is 1. The number of hydrogen-bond acceptors (Lipinski definition) is 3. The molecule has 2 saturated carbocycles. The molecule has 1 aliphatic heterocycles. The van der Waals surface area contributed by atoms with Gasteiger partial charge in [-0.15, -0.1) is 0 Å². The number of carbonyl (C=O) groups is 3. The second kappa shape index (κ2) is 5.72. The fourth-order valence-electron chi connectivity index (χ4n) is 4.84. The summed E-state index contributed by atoms with van der Waals surface area (Å²) < 4.78 is 0. The molecule has 5 nitrogen and oxygen atoms in total. The molecule has 0 unspecified atom stereocenters. The maximum absolute atomic E-state index is 12.4. The molecule has 0 spiro atoms. The smallest absolute Gasteiger partial charge is 0.262 e. The highest BCUT2D eigenvalue weighted by Gasteiger charge is 2.42.